The van der Waals surface area contributed by atoms with Crippen molar-refractivity contribution in [1.29, 1.82) is 0 Å². The topological polar surface area (TPSA) is 63.6 Å². The molecular weight excluding hydrogens is 287 g/mol. The maximum Gasteiger partial charge on any atom is 1.00 e. The van der Waals surface area contributed by atoms with E-state index < -0.39 is 10.1 Å². The fraction of sp³-hybridized carbons (Fsp3) is 0.286. The molecule has 1 unspecified atom stereocenters. The molecule has 0 saturated heterocycles. The maximum atomic E-state index is 11.4. The van der Waals surface area contributed by atoms with Crippen molar-refractivity contribution in [3.63, 3.8) is 0 Å². The number of methoxy groups -OCH3 is 1. The Morgan fingerprint density at radius 1 is 1.20 bits per heavy atom. The molecule has 0 aromatic rings. The molecule has 1 N–H and O–H groups in total. The first-order valence-corrected chi connectivity index (χ1v) is 7.45. The Morgan fingerprint density at radius 3 is 2.40 bits per heavy atom. The zero-order chi connectivity index (χ0) is 14.0. The maximum absolute atomic E-state index is 11.4. The fourth-order valence-corrected chi connectivity index (χ4v) is 3.01. The normalized spacial score (nSPS) is 12.9. The van der Waals surface area contributed by atoms with Gasteiger partial charge in [-0.2, -0.15) is 8.42 Å². The molecule has 0 aromatic heterocycles. The molecule has 0 amide bonds. The van der Waals surface area contributed by atoms with E-state index in [1.54, 1.807) is 25.3 Å². The summed E-state index contributed by atoms with van der Waals surface area (Å²) >= 11 is 0. The van der Waals surface area contributed by atoms with Crippen LogP contribution in [0, 0.1) is 0 Å². The largest absolute Gasteiger partial charge is 1.00 e. The molecule has 0 aromatic carbocycles. The van der Waals surface area contributed by atoms with Gasteiger partial charge in [0.2, 0.25) is 0 Å². The van der Waals surface area contributed by atoms with Gasteiger partial charge < -0.3 is 6.16 Å². The van der Waals surface area contributed by atoms with Crippen molar-refractivity contribution < 1.29 is 48.7 Å². The summed E-state index contributed by atoms with van der Waals surface area (Å²) in [5.74, 6) is 0. The van der Waals surface area contributed by atoms with Crippen LogP contribution in [0.3, 0.4) is 0 Å². The number of ether oxygens (including phenoxy) is 1. The molecule has 6 heteroatoms. The van der Waals surface area contributed by atoms with Gasteiger partial charge in [-0.15, -0.1) is 0 Å². The van der Waals surface area contributed by atoms with Gasteiger partial charge in [0, 0.05) is 12.7 Å². The number of rotatable bonds is 4. The number of fused-ring (bicyclic) bond motifs is 1. The summed E-state index contributed by atoms with van der Waals surface area (Å²) in [7, 11) is -2.59. The third-order valence-electron chi connectivity index (χ3n) is 3.20. The van der Waals surface area contributed by atoms with E-state index >= 15 is 0 Å². The average Bonchev–Trinajstić information content (AvgIpc) is 2.67. The second-order valence-electron chi connectivity index (χ2n) is 4.31. The molecule has 0 heterocycles. The summed E-state index contributed by atoms with van der Waals surface area (Å²) < 4.78 is 37.4. The van der Waals surface area contributed by atoms with Crippen LogP contribution in [0.15, 0.2) is 41.3 Å². The molecule has 0 fully saturated rings. The van der Waals surface area contributed by atoms with Crippen molar-refractivity contribution in [1.82, 2.24) is 0 Å². The van der Waals surface area contributed by atoms with Crippen molar-refractivity contribution in [2.45, 2.75) is 24.3 Å². The zero-order valence-electron chi connectivity index (χ0n) is 12.8. The Hall–Kier alpha value is -0.430. The SMILES string of the molecule is CCC(OC)c1ccccc2c(S(=O)(=O)O)ccc1-2.[H-].[Na+]. The van der Waals surface area contributed by atoms with Crippen molar-refractivity contribution in [2.24, 2.45) is 0 Å². The first kappa shape index (κ1) is 17.6. The Kier molecular flexibility index (Phi) is 6.19. The molecule has 0 bridgehead atoms. The third kappa shape index (κ3) is 3.42. The van der Waals surface area contributed by atoms with Gasteiger partial charge in [-0.3, -0.25) is 4.55 Å². The Bertz CT molecular complexity index is 656. The van der Waals surface area contributed by atoms with Gasteiger partial charge in [0.25, 0.3) is 10.1 Å². The van der Waals surface area contributed by atoms with Gasteiger partial charge in [-0.25, -0.2) is 0 Å². The molecule has 2 aliphatic rings. The van der Waals surface area contributed by atoms with Crippen LogP contribution in [0.1, 0.15) is 26.4 Å². The summed E-state index contributed by atoms with van der Waals surface area (Å²) in [6.07, 6.45) is 0.675. The van der Waals surface area contributed by atoms with Crippen molar-refractivity contribution in [2.75, 3.05) is 7.11 Å². The molecule has 4 nitrogen and oxygen atoms in total. The van der Waals surface area contributed by atoms with Gasteiger partial charge in [0.15, 0.2) is 0 Å². The van der Waals surface area contributed by atoms with Gasteiger partial charge in [-0.05, 0) is 23.6 Å². The average molecular weight is 304 g/mol. The van der Waals surface area contributed by atoms with E-state index in [2.05, 4.69) is 0 Å². The minimum Gasteiger partial charge on any atom is -1.00 e. The van der Waals surface area contributed by atoms with Crippen LogP contribution in [0.5, 0.6) is 0 Å². The second kappa shape index (κ2) is 7.02. The smallest absolute Gasteiger partial charge is 1.00 e. The molecule has 0 aliphatic heterocycles. The molecule has 104 valence electrons. The monoisotopic (exact) mass is 304 g/mol. The Labute approximate surface area is 143 Å². The van der Waals surface area contributed by atoms with Crippen molar-refractivity contribution in [3.8, 4) is 11.1 Å². The van der Waals surface area contributed by atoms with E-state index in [1.165, 1.54) is 6.07 Å². The van der Waals surface area contributed by atoms with Gasteiger partial charge >= 0.3 is 29.6 Å². The Balaban J connectivity index is 0.00000200. The minimum atomic E-state index is -4.21. The predicted octanol–water partition coefficient (Wildman–Crippen LogP) is 0.252. The first-order valence-electron chi connectivity index (χ1n) is 6.01. The van der Waals surface area contributed by atoms with Crippen LogP contribution < -0.4 is 29.6 Å². The molecule has 0 saturated carbocycles. The van der Waals surface area contributed by atoms with Crippen LogP contribution in [-0.2, 0) is 14.9 Å². The van der Waals surface area contributed by atoms with E-state index in [-0.39, 0.29) is 42.0 Å². The zero-order valence-corrected chi connectivity index (χ0v) is 14.6. The van der Waals surface area contributed by atoms with Crippen LogP contribution in [-0.4, -0.2) is 20.1 Å². The van der Waals surface area contributed by atoms with Crippen LogP contribution in [0.25, 0.3) is 11.1 Å². The fourth-order valence-electron chi connectivity index (χ4n) is 2.31. The molecule has 2 aliphatic carbocycles. The summed E-state index contributed by atoms with van der Waals surface area (Å²) in [5, 5.41) is 0. The van der Waals surface area contributed by atoms with Gasteiger partial charge in [0.1, 0.15) is 4.90 Å². The number of hydrogen-bond acceptors (Lipinski definition) is 3. The van der Waals surface area contributed by atoms with E-state index in [4.69, 9.17) is 4.74 Å². The molecule has 0 radical (unpaired) electrons. The molecule has 20 heavy (non-hydrogen) atoms. The number of hydrogen-bond donors (Lipinski definition) is 1. The summed E-state index contributed by atoms with van der Waals surface area (Å²) in [6.45, 7) is 2.00. The summed E-state index contributed by atoms with van der Waals surface area (Å²) in [6, 6.07) is 10.3. The summed E-state index contributed by atoms with van der Waals surface area (Å²) in [5.41, 5.74) is 2.21. The van der Waals surface area contributed by atoms with E-state index in [0.29, 0.717) is 5.56 Å². The van der Waals surface area contributed by atoms with E-state index in [0.717, 1.165) is 17.5 Å². The first-order chi connectivity index (χ1) is 8.99. The quantitative estimate of drug-likeness (QED) is 0.650. The van der Waals surface area contributed by atoms with Gasteiger partial charge in [-0.1, -0.05) is 37.3 Å². The van der Waals surface area contributed by atoms with E-state index in [1.807, 2.05) is 19.1 Å². The summed E-state index contributed by atoms with van der Waals surface area (Å²) in [4.78, 5) is -0.0640. The molecule has 0 spiro atoms. The van der Waals surface area contributed by atoms with Gasteiger partial charge in [0.05, 0.1) is 6.10 Å². The standard InChI is InChI=1S/C14H16O4S.Na.H/c1-3-13(18-2)11-6-4-5-7-12-10(11)8-9-14(12)19(15,16)17;;/h4-9,13H,3H2,1-2H3,(H,15,16,17);;/q;+1;-1. The van der Waals surface area contributed by atoms with Crippen molar-refractivity contribution >= 4 is 10.1 Å². The predicted molar refractivity (Wildman–Crippen MR) is 74.0 cm³/mol. The minimum absolute atomic E-state index is 0. The van der Waals surface area contributed by atoms with Crippen molar-refractivity contribution in [3.05, 3.63) is 42.0 Å². The molecule has 2 rings (SSSR count). The van der Waals surface area contributed by atoms with Crippen LogP contribution in [0.2, 0.25) is 0 Å². The second-order valence-corrected chi connectivity index (χ2v) is 5.70. The molecule has 1 atom stereocenters. The third-order valence-corrected chi connectivity index (χ3v) is 4.11. The van der Waals surface area contributed by atoms with Crippen LogP contribution >= 0.6 is 0 Å². The molecular formula is C14H17NaO4S. The van der Waals surface area contributed by atoms with Crippen LogP contribution in [0.4, 0.5) is 0 Å². The Morgan fingerprint density at radius 2 is 1.85 bits per heavy atom. The van der Waals surface area contributed by atoms with E-state index in [9.17, 15) is 13.0 Å².